The van der Waals surface area contributed by atoms with Crippen molar-refractivity contribution < 1.29 is 27.8 Å². The maximum Gasteiger partial charge on any atom is 0.319 e. The fourth-order valence-electron chi connectivity index (χ4n) is 9.78. The van der Waals surface area contributed by atoms with Gasteiger partial charge in [-0.15, -0.1) is 6.42 Å². The highest BCUT2D eigenvalue weighted by Crippen LogP contribution is 2.46. The van der Waals surface area contributed by atoms with Gasteiger partial charge in [0.1, 0.15) is 41.2 Å². The highest BCUT2D eigenvalue weighted by molar-refractivity contribution is 6.18. The molecule has 2 aromatic heterocycles. The molecule has 5 aromatic rings. The average Bonchev–Trinajstić information content (AvgIpc) is 3.85. The number of hydrogen-bond donors (Lipinski definition) is 1. The van der Waals surface area contributed by atoms with Crippen LogP contribution in [0.4, 0.5) is 19.0 Å². The summed E-state index contributed by atoms with van der Waals surface area (Å²) >= 11 is 0. The van der Waals surface area contributed by atoms with Crippen molar-refractivity contribution in [3.05, 3.63) is 47.7 Å². The Morgan fingerprint density at radius 2 is 1.89 bits per heavy atom. The van der Waals surface area contributed by atoms with E-state index in [4.69, 9.17) is 31.0 Å². The molecule has 4 aliphatic rings. The zero-order chi connectivity index (χ0) is 36.6. The Morgan fingerprint density at radius 3 is 2.66 bits per heavy atom. The van der Waals surface area contributed by atoms with Crippen LogP contribution in [0, 0.1) is 24.0 Å². The third kappa shape index (κ3) is 5.56. The Labute approximate surface area is 305 Å². The Kier molecular flexibility index (Phi) is 8.40. The molecule has 0 amide bonds. The van der Waals surface area contributed by atoms with E-state index < -0.39 is 23.3 Å². The second-order valence-corrected chi connectivity index (χ2v) is 15.2. The third-order valence-electron chi connectivity index (χ3n) is 12.0. The van der Waals surface area contributed by atoms with Crippen molar-refractivity contribution in [2.75, 3.05) is 57.9 Å². The van der Waals surface area contributed by atoms with Crippen LogP contribution in [0.2, 0.25) is 0 Å². The normalized spacial score (nSPS) is 24.5. The first-order valence-corrected chi connectivity index (χ1v) is 18.5. The number of phenols is 1. The maximum atomic E-state index is 17.7. The molecule has 276 valence electrons. The van der Waals surface area contributed by atoms with E-state index >= 15 is 8.78 Å². The molecule has 0 saturated carbocycles. The lowest BCUT2D eigenvalue weighted by Crippen LogP contribution is -2.54. The molecule has 0 aliphatic carbocycles. The van der Waals surface area contributed by atoms with E-state index in [1.807, 2.05) is 6.20 Å². The topological polar surface area (TPSA) is 92.0 Å². The van der Waals surface area contributed by atoms with Gasteiger partial charge in [-0.3, -0.25) is 14.5 Å². The minimum Gasteiger partial charge on any atom is -0.508 e. The van der Waals surface area contributed by atoms with E-state index in [9.17, 15) is 9.50 Å². The van der Waals surface area contributed by atoms with E-state index in [-0.39, 0.29) is 58.0 Å². The van der Waals surface area contributed by atoms with E-state index in [0.29, 0.717) is 60.2 Å². The summed E-state index contributed by atoms with van der Waals surface area (Å²) in [7, 11) is 3.47. The quantitative estimate of drug-likeness (QED) is 0.146. The lowest BCUT2D eigenvalue weighted by Gasteiger charge is -2.42. The number of benzene rings is 3. The van der Waals surface area contributed by atoms with E-state index in [0.717, 1.165) is 45.2 Å². The molecule has 4 fully saturated rings. The Morgan fingerprint density at radius 1 is 1.08 bits per heavy atom. The fraction of sp³-hybridized carbons (Fsp3) is 0.475. The number of anilines is 1. The van der Waals surface area contributed by atoms with Crippen molar-refractivity contribution in [1.29, 1.82) is 0 Å². The summed E-state index contributed by atoms with van der Waals surface area (Å²) in [6.07, 6.45) is 11.9. The Hall–Kier alpha value is -4.64. The molecular formula is C40H42F3N7O3. The lowest BCUT2D eigenvalue weighted by molar-refractivity contribution is 0.107. The standard InChI is InChI=1S/C40H42F3N7O3/c1-4-28-31(42)10-7-23-15-27(51)16-29(32(23)28)33-35(43)37-34(30-21-47(2)46-36(30)33)38(48-19-25-8-9-26(20-48)50(25)13-6-14-52-3)45-39(44-37)53-22-40-11-5-12-49(40)18-24(41)17-40/h1,7,10,15-16,21,24-26,51H,5-6,8-9,11-14,17-20,22H2,2-3H3/t24-,25-,26+,40+/m1/s1. The number of fused-ring (bicyclic) bond motifs is 7. The Bertz CT molecular complexity index is 2300. The summed E-state index contributed by atoms with van der Waals surface area (Å²) in [6.45, 7) is 4.37. The van der Waals surface area contributed by atoms with Crippen molar-refractivity contribution in [3.8, 4) is 35.2 Å². The number of hydrogen-bond acceptors (Lipinski definition) is 9. The molecule has 0 radical (unpaired) electrons. The monoisotopic (exact) mass is 725 g/mol. The second kappa shape index (κ2) is 13.0. The van der Waals surface area contributed by atoms with Crippen LogP contribution in [0.1, 0.15) is 44.1 Å². The van der Waals surface area contributed by atoms with Crippen LogP contribution in [0.15, 0.2) is 30.5 Å². The van der Waals surface area contributed by atoms with Gasteiger partial charge >= 0.3 is 6.01 Å². The molecule has 3 aromatic carbocycles. The SMILES string of the molecule is C#Cc1c(F)ccc2cc(O)cc(-c3c(F)c4nc(OC[C@@]56CCCN5C[C@H](F)C6)nc(N5C[C@H]6CC[C@@H](C5)N6CCCOC)c4c4cn(C)nc34)c12. The molecule has 2 bridgehead atoms. The minimum atomic E-state index is -0.934. The molecule has 9 rings (SSSR count). The summed E-state index contributed by atoms with van der Waals surface area (Å²) in [5, 5.41) is 17.4. The molecule has 0 unspecified atom stereocenters. The Balaban J connectivity index is 1.24. The van der Waals surface area contributed by atoms with Gasteiger partial charge in [0.2, 0.25) is 0 Å². The predicted molar refractivity (Wildman–Crippen MR) is 197 cm³/mol. The van der Waals surface area contributed by atoms with Gasteiger partial charge in [0.15, 0.2) is 5.82 Å². The number of nitrogens with zero attached hydrogens (tertiary/aromatic N) is 7. The van der Waals surface area contributed by atoms with Crippen LogP contribution in [-0.4, -0.2) is 111 Å². The first-order chi connectivity index (χ1) is 25.7. The molecule has 4 saturated heterocycles. The van der Waals surface area contributed by atoms with Crippen molar-refractivity contribution in [2.24, 2.45) is 7.05 Å². The molecule has 53 heavy (non-hydrogen) atoms. The molecule has 4 aliphatic heterocycles. The van der Waals surface area contributed by atoms with Gasteiger partial charge in [-0.05, 0) is 67.8 Å². The summed E-state index contributed by atoms with van der Waals surface area (Å²) in [4.78, 5) is 16.7. The summed E-state index contributed by atoms with van der Waals surface area (Å²) in [5.41, 5.74) is 0.0406. The molecule has 4 atom stereocenters. The number of aryl methyl sites for hydroxylation is 1. The minimum absolute atomic E-state index is 0.00937. The smallest absolute Gasteiger partial charge is 0.319 e. The number of aromatic nitrogens is 4. The first kappa shape index (κ1) is 34.1. The van der Waals surface area contributed by atoms with Crippen LogP contribution in [0.5, 0.6) is 11.8 Å². The van der Waals surface area contributed by atoms with Gasteiger partial charge in [-0.2, -0.15) is 15.1 Å². The van der Waals surface area contributed by atoms with Gasteiger partial charge in [0.05, 0.1) is 16.5 Å². The van der Waals surface area contributed by atoms with Crippen molar-refractivity contribution >= 4 is 38.4 Å². The van der Waals surface area contributed by atoms with Gasteiger partial charge in [-0.25, -0.2) is 13.2 Å². The van der Waals surface area contributed by atoms with Crippen LogP contribution < -0.4 is 9.64 Å². The van der Waals surface area contributed by atoms with Gasteiger partial charge in [0, 0.05) is 88.0 Å². The fourth-order valence-corrected chi connectivity index (χ4v) is 9.78. The molecule has 10 nitrogen and oxygen atoms in total. The van der Waals surface area contributed by atoms with Gasteiger partial charge < -0.3 is 19.5 Å². The lowest BCUT2D eigenvalue weighted by atomic mass is 9.91. The average molecular weight is 726 g/mol. The third-order valence-corrected chi connectivity index (χ3v) is 12.0. The van der Waals surface area contributed by atoms with E-state index in [2.05, 4.69) is 20.6 Å². The number of alkyl halides is 1. The molecule has 13 heteroatoms. The predicted octanol–water partition coefficient (Wildman–Crippen LogP) is 5.95. The molecule has 6 heterocycles. The number of ether oxygens (including phenoxy) is 2. The molecule has 0 spiro atoms. The molecule has 1 N–H and O–H groups in total. The number of phenolic OH excluding ortho intramolecular Hbond substituents is 1. The largest absolute Gasteiger partial charge is 0.508 e. The second-order valence-electron chi connectivity index (χ2n) is 15.2. The zero-order valence-corrected chi connectivity index (χ0v) is 29.9. The van der Waals surface area contributed by atoms with E-state index in [1.54, 1.807) is 18.8 Å². The van der Waals surface area contributed by atoms with Crippen LogP contribution in [0.25, 0.3) is 43.7 Å². The van der Waals surface area contributed by atoms with Gasteiger partial charge in [-0.1, -0.05) is 12.0 Å². The number of methoxy groups -OCH3 is 1. The summed E-state index contributed by atoms with van der Waals surface area (Å²) in [5.74, 6) is 1.50. The van der Waals surface area contributed by atoms with Crippen LogP contribution in [0.3, 0.4) is 0 Å². The summed E-state index contributed by atoms with van der Waals surface area (Å²) in [6, 6.07) is 6.19. The first-order valence-electron chi connectivity index (χ1n) is 18.5. The van der Waals surface area contributed by atoms with Crippen LogP contribution >= 0.6 is 0 Å². The highest BCUT2D eigenvalue weighted by Gasteiger charge is 2.49. The molecular weight excluding hydrogens is 683 g/mol. The number of piperazine rings is 1. The maximum absolute atomic E-state index is 17.7. The zero-order valence-electron chi connectivity index (χ0n) is 29.9. The van der Waals surface area contributed by atoms with E-state index in [1.165, 1.54) is 24.3 Å². The summed E-state index contributed by atoms with van der Waals surface area (Å²) < 4.78 is 61.0. The van der Waals surface area contributed by atoms with Crippen molar-refractivity contribution in [1.82, 2.24) is 29.5 Å². The van der Waals surface area contributed by atoms with Gasteiger partial charge in [0.25, 0.3) is 0 Å². The number of terminal acetylenes is 1. The van der Waals surface area contributed by atoms with Crippen molar-refractivity contribution in [3.63, 3.8) is 0 Å². The number of rotatable bonds is 9. The highest BCUT2D eigenvalue weighted by atomic mass is 19.1. The number of halogens is 3. The van der Waals surface area contributed by atoms with Crippen molar-refractivity contribution in [2.45, 2.75) is 62.3 Å². The van der Waals surface area contributed by atoms with Crippen LogP contribution in [-0.2, 0) is 11.8 Å². The number of aromatic hydroxyl groups is 1.